The molecule has 0 fully saturated rings. The van der Waals surface area contributed by atoms with Crippen molar-refractivity contribution in [3.8, 4) is 6.07 Å². The Morgan fingerprint density at radius 1 is 1.92 bits per heavy atom. The van der Waals surface area contributed by atoms with Gasteiger partial charge in [-0.2, -0.15) is 5.26 Å². The molecule has 1 unspecified atom stereocenters. The maximum atomic E-state index is 11.2. The molecule has 1 aromatic rings. The van der Waals surface area contributed by atoms with Crippen LogP contribution in [0.4, 0.5) is 0 Å². The van der Waals surface area contributed by atoms with Gasteiger partial charge >= 0.3 is 5.97 Å². The van der Waals surface area contributed by atoms with Crippen LogP contribution in [0.5, 0.6) is 0 Å². The van der Waals surface area contributed by atoms with Crippen LogP contribution in [0.15, 0.2) is 12.4 Å². The van der Waals surface area contributed by atoms with Gasteiger partial charge in [0.15, 0.2) is 0 Å². The molecule has 0 aromatic carbocycles. The van der Waals surface area contributed by atoms with Crippen LogP contribution in [0.25, 0.3) is 0 Å². The van der Waals surface area contributed by atoms with E-state index >= 15 is 0 Å². The first-order chi connectivity index (χ1) is 6.29. The predicted molar refractivity (Wildman–Crippen MR) is 43.6 cm³/mol. The van der Waals surface area contributed by atoms with E-state index in [2.05, 4.69) is 9.97 Å². The fraction of sp³-hybridized carbons (Fsp3) is 0.375. The van der Waals surface area contributed by atoms with E-state index in [4.69, 9.17) is 10.00 Å². The number of aromatic amines is 1. The van der Waals surface area contributed by atoms with Crippen molar-refractivity contribution in [1.82, 2.24) is 9.97 Å². The molecule has 0 saturated heterocycles. The summed E-state index contributed by atoms with van der Waals surface area (Å²) < 4.78 is 4.70. The lowest BCUT2D eigenvalue weighted by Gasteiger charge is -2.04. The van der Waals surface area contributed by atoms with Gasteiger partial charge in [0.2, 0.25) is 5.92 Å². The fourth-order valence-electron chi connectivity index (χ4n) is 0.886. The molecular weight excluding hydrogens is 170 g/mol. The van der Waals surface area contributed by atoms with E-state index in [1.54, 1.807) is 13.1 Å². The number of carbonyl (C=O) groups is 1. The zero-order valence-corrected chi connectivity index (χ0v) is 7.15. The number of nitriles is 1. The molecule has 13 heavy (non-hydrogen) atoms. The molecule has 1 N–H and O–H groups in total. The number of hydrogen-bond donors (Lipinski definition) is 1. The minimum Gasteiger partial charge on any atom is -0.465 e. The van der Waals surface area contributed by atoms with Crippen molar-refractivity contribution in [2.75, 3.05) is 6.61 Å². The molecule has 0 radical (unpaired) electrons. The lowest BCUT2D eigenvalue weighted by atomic mass is 10.1. The highest BCUT2D eigenvalue weighted by Gasteiger charge is 2.23. The Hall–Kier alpha value is -1.83. The van der Waals surface area contributed by atoms with Crippen LogP contribution >= 0.6 is 0 Å². The molecule has 0 aliphatic carbocycles. The van der Waals surface area contributed by atoms with Crippen LogP contribution in [-0.2, 0) is 9.53 Å². The highest BCUT2D eigenvalue weighted by atomic mass is 16.5. The number of ether oxygens (including phenoxy) is 1. The maximum absolute atomic E-state index is 11.2. The molecule has 5 nitrogen and oxygen atoms in total. The topological polar surface area (TPSA) is 78.8 Å². The van der Waals surface area contributed by atoms with Gasteiger partial charge in [-0.3, -0.25) is 4.79 Å². The Labute approximate surface area is 75.4 Å². The molecule has 68 valence electrons. The van der Waals surface area contributed by atoms with Crippen molar-refractivity contribution >= 4 is 5.97 Å². The number of nitrogens with one attached hydrogen (secondary N) is 1. The normalized spacial score (nSPS) is 11.7. The van der Waals surface area contributed by atoms with Gasteiger partial charge < -0.3 is 9.72 Å². The second kappa shape index (κ2) is 4.26. The van der Waals surface area contributed by atoms with Gasteiger partial charge in [0, 0.05) is 12.4 Å². The van der Waals surface area contributed by atoms with E-state index in [0.29, 0.717) is 5.82 Å². The SMILES string of the molecule is CCOC(=O)C(C#N)c1ncc[nH]1. The van der Waals surface area contributed by atoms with E-state index in [0.717, 1.165) is 0 Å². The molecule has 5 heteroatoms. The van der Waals surface area contributed by atoms with Crippen molar-refractivity contribution in [3.63, 3.8) is 0 Å². The Morgan fingerprint density at radius 2 is 2.69 bits per heavy atom. The molecule has 1 rings (SSSR count). The molecule has 0 amide bonds. The zero-order valence-electron chi connectivity index (χ0n) is 7.15. The Balaban J connectivity index is 2.76. The minimum absolute atomic E-state index is 0.262. The van der Waals surface area contributed by atoms with Gasteiger partial charge in [-0.1, -0.05) is 0 Å². The van der Waals surface area contributed by atoms with Crippen LogP contribution in [0.1, 0.15) is 18.7 Å². The molecule has 0 aliphatic rings. The highest BCUT2D eigenvalue weighted by molar-refractivity contribution is 5.80. The summed E-state index contributed by atoms with van der Waals surface area (Å²) in [4.78, 5) is 17.7. The van der Waals surface area contributed by atoms with Gasteiger partial charge in [0.1, 0.15) is 5.82 Å². The smallest absolute Gasteiger partial charge is 0.331 e. The van der Waals surface area contributed by atoms with Crippen LogP contribution in [0, 0.1) is 11.3 Å². The molecule has 0 spiro atoms. The number of esters is 1. The van der Waals surface area contributed by atoms with E-state index in [-0.39, 0.29) is 6.61 Å². The molecule has 0 saturated carbocycles. The third-order valence-corrected chi connectivity index (χ3v) is 1.44. The second-order valence-electron chi connectivity index (χ2n) is 2.29. The van der Waals surface area contributed by atoms with Gasteiger partial charge in [-0.25, -0.2) is 4.98 Å². The first-order valence-corrected chi connectivity index (χ1v) is 3.85. The van der Waals surface area contributed by atoms with E-state index in [1.807, 2.05) is 6.07 Å². The third-order valence-electron chi connectivity index (χ3n) is 1.44. The van der Waals surface area contributed by atoms with Crippen LogP contribution in [0.3, 0.4) is 0 Å². The highest BCUT2D eigenvalue weighted by Crippen LogP contribution is 2.10. The monoisotopic (exact) mass is 179 g/mol. The van der Waals surface area contributed by atoms with Crippen molar-refractivity contribution in [3.05, 3.63) is 18.2 Å². The summed E-state index contributed by atoms with van der Waals surface area (Å²) in [6, 6.07) is 1.82. The number of imidazole rings is 1. The summed E-state index contributed by atoms with van der Waals surface area (Å²) in [5, 5.41) is 8.68. The predicted octanol–water partition coefficient (Wildman–Crippen LogP) is 0.580. The zero-order chi connectivity index (χ0) is 9.68. The Kier molecular flexibility index (Phi) is 3.03. The molecule has 0 bridgehead atoms. The van der Waals surface area contributed by atoms with Crippen molar-refractivity contribution in [2.45, 2.75) is 12.8 Å². The summed E-state index contributed by atoms with van der Waals surface area (Å²) in [6.45, 7) is 1.95. The quantitative estimate of drug-likeness (QED) is 0.688. The maximum Gasteiger partial charge on any atom is 0.331 e. The number of H-pyrrole nitrogens is 1. The lowest BCUT2D eigenvalue weighted by Crippen LogP contribution is -2.15. The standard InChI is InChI=1S/C8H9N3O2/c1-2-13-8(12)6(5-9)7-10-3-4-11-7/h3-4,6H,2H2,1H3,(H,10,11). The average Bonchev–Trinajstić information content (AvgIpc) is 2.59. The number of rotatable bonds is 3. The number of nitrogens with zero attached hydrogens (tertiary/aromatic N) is 2. The number of carbonyl (C=O) groups excluding carboxylic acids is 1. The minimum atomic E-state index is -0.949. The Morgan fingerprint density at radius 3 is 3.15 bits per heavy atom. The van der Waals surface area contributed by atoms with E-state index in [9.17, 15) is 4.79 Å². The van der Waals surface area contributed by atoms with Gasteiger partial charge in [-0.15, -0.1) is 0 Å². The van der Waals surface area contributed by atoms with Crippen molar-refractivity contribution in [1.29, 1.82) is 5.26 Å². The first kappa shape index (κ1) is 9.26. The third kappa shape index (κ3) is 2.06. The average molecular weight is 179 g/mol. The van der Waals surface area contributed by atoms with Crippen LogP contribution in [-0.4, -0.2) is 22.5 Å². The molecule has 1 heterocycles. The fourth-order valence-corrected chi connectivity index (χ4v) is 0.886. The number of aromatic nitrogens is 2. The number of hydrogen-bond acceptors (Lipinski definition) is 4. The van der Waals surface area contributed by atoms with E-state index in [1.165, 1.54) is 6.20 Å². The van der Waals surface area contributed by atoms with Crippen LogP contribution in [0.2, 0.25) is 0 Å². The summed E-state index contributed by atoms with van der Waals surface area (Å²) in [5.41, 5.74) is 0. The molecule has 0 aliphatic heterocycles. The molecular formula is C8H9N3O2. The van der Waals surface area contributed by atoms with Crippen molar-refractivity contribution < 1.29 is 9.53 Å². The summed E-state index contributed by atoms with van der Waals surface area (Å²) >= 11 is 0. The lowest BCUT2D eigenvalue weighted by molar-refractivity contribution is -0.143. The summed E-state index contributed by atoms with van der Waals surface area (Å²) in [7, 11) is 0. The van der Waals surface area contributed by atoms with Gasteiger partial charge in [0.25, 0.3) is 0 Å². The Bertz CT molecular complexity index is 313. The largest absolute Gasteiger partial charge is 0.465 e. The summed E-state index contributed by atoms with van der Waals surface area (Å²) in [5.74, 6) is -1.20. The molecule has 1 atom stereocenters. The van der Waals surface area contributed by atoms with Gasteiger partial charge in [-0.05, 0) is 6.92 Å². The molecule has 1 aromatic heterocycles. The van der Waals surface area contributed by atoms with Crippen LogP contribution < -0.4 is 0 Å². The second-order valence-corrected chi connectivity index (χ2v) is 2.29. The van der Waals surface area contributed by atoms with Gasteiger partial charge in [0.05, 0.1) is 12.7 Å². The first-order valence-electron chi connectivity index (χ1n) is 3.85. The summed E-state index contributed by atoms with van der Waals surface area (Å²) in [6.07, 6.45) is 3.04. The van der Waals surface area contributed by atoms with Crippen molar-refractivity contribution in [2.24, 2.45) is 0 Å². The van der Waals surface area contributed by atoms with E-state index < -0.39 is 11.9 Å².